The highest BCUT2D eigenvalue weighted by Crippen LogP contribution is 2.36. The molecular formula is C12H24O. The summed E-state index contributed by atoms with van der Waals surface area (Å²) in [5, 5.41) is 10.0. The Morgan fingerprint density at radius 2 is 1.92 bits per heavy atom. The lowest BCUT2D eigenvalue weighted by atomic mass is 9.92. The third-order valence-electron chi connectivity index (χ3n) is 3.11. The van der Waals surface area contributed by atoms with E-state index in [2.05, 4.69) is 6.92 Å². The molecule has 1 nitrogen and oxygen atoms in total. The second-order valence-electron chi connectivity index (χ2n) is 4.94. The molecule has 1 heteroatoms. The van der Waals surface area contributed by atoms with E-state index in [4.69, 9.17) is 0 Å². The van der Waals surface area contributed by atoms with Crippen LogP contribution in [0.5, 0.6) is 0 Å². The van der Waals surface area contributed by atoms with Crippen LogP contribution in [0.2, 0.25) is 0 Å². The van der Waals surface area contributed by atoms with E-state index in [1.807, 2.05) is 6.92 Å². The zero-order chi connectivity index (χ0) is 9.73. The molecule has 1 N–H and O–H groups in total. The first-order valence-electron chi connectivity index (χ1n) is 5.86. The second-order valence-corrected chi connectivity index (χ2v) is 4.94. The molecule has 0 radical (unpaired) electrons. The molecule has 1 fully saturated rings. The standard InChI is InChI=1S/C12H24O/c1-3-4-5-9-12(2,13)10-8-11-6-7-11/h11,13H,3-10H2,1-2H3. The van der Waals surface area contributed by atoms with Crippen LogP contribution in [0.3, 0.4) is 0 Å². The van der Waals surface area contributed by atoms with Gasteiger partial charge in [-0.2, -0.15) is 0 Å². The Labute approximate surface area is 82.5 Å². The third-order valence-corrected chi connectivity index (χ3v) is 3.11. The Morgan fingerprint density at radius 1 is 1.23 bits per heavy atom. The first-order valence-corrected chi connectivity index (χ1v) is 5.86. The van der Waals surface area contributed by atoms with Crippen molar-refractivity contribution in [1.29, 1.82) is 0 Å². The average Bonchev–Trinajstić information content (AvgIpc) is 2.84. The van der Waals surface area contributed by atoms with E-state index in [1.54, 1.807) is 0 Å². The van der Waals surface area contributed by atoms with Crippen molar-refractivity contribution in [3.8, 4) is 0 Å². The summed E-state index contributed by atoms with van der Waals surface area (Å²) in [5.41, 5.74) is -0.377. The lowest BCUT2D eigenvalue weighted by molar-refractivity contribution is 0.0359. The molecule has 0 heterocycles. The van der Waals surface area contributed by atoms with Crippen molar-refractivity contribution in [3.63, 3.8) is 0 Å². The van der Waals surface area contributed by atoms with Gasteiger partial charge < -0.3 is 5.11 Å². The van der Waals surface area contributed by atoms with Gasteiger partial charge >= 0.3 is 0 Å². The molecule has 1 atom stereocenters. The van der Waals surface area contributed by atoms with Crippen LogP contribution in [0.4, 0.5) is 0 Å². The molecule has 0 amide bonds. The van der Waals surface area contributed by atoms with E-state index in [-0.39, 0.29) is 5.60 Å². The van der Waals surface area contributed by atoms with Crippen molar-refractivity contribution in [2.24, 2.45) is 5.92 Å². The second kappa shape index (κ2) is 4.99. The minimum Gasteiger partial charge on any atom is -0.390 e. The lowest BCUT2D eigenvalue weighted by Gasteiger charge is -2.23. The average molecular weight is 184 g/mol. The van der Waals surface area contributed by atoms with E-state index in [0.29, 0.717) is 0 Å². The monoisotopic (exact) mass is 184 g/mol. The predicted molar refractivity (Wildman–Crippen MR) is 56.7 cm³/mol. The topological polar surface area (TPSA) is 20.2 Å². The van der Waals surface area contributed by atoms with Gasteiger partial charge in [-0.05, 0) is 32.1 Å². The summed E-state index contributed by atoms with van der Waals surface area (Å²) in [6.07, 6.45) is 9.77. The maximum Gasteiger partial charge on any atom is 0.0619 e. The summed E-state index contributed by atoms with van der Waals surface area (Å²) in [7, 11) is 0. The fourth-order valence-electron chi connectivity index (χ4n) is 1.80. The minimum atomic E-state index is -0.377. The van der Waals surface area contributed by atoms with Gasteiger partial charge in [0.25, 0.3) is 0 Å². The Bertz CT molecular complexity index is 136. The van der Waals surface area contributed by atoms with Crippen LogP contribution in [0.25, 0.3) is 0 Å². The Balaban J connectivity index is 2.03. The van der Waals surface area contributed by atoms with Gasteiger partial charge in [0.05, 0.1) is 5.60 Å². The molecular weight excluding hydrogens is 160 g/mol. The molecule has 1 rings (SSSR count). The molecule has 0 aliphatic heterocycles. The maximum atomic E-state index is 10.0. The quantitative estimate of drug-likeness (QED) is 0.600. The van der Waals surface area contributed by atoms with Gasteiger partial charge in [-0.25, -0.2) is 0 Å². The Hall–Kier alpha value is -0.0400. The fraction of sp³-hybridized carbons (Fsp3) is 1.00. The smallest absolute Gasteiger partial charge is 0.0619 e. The lowest BCUT2D eigenvalue weighted by Crippen LogP contribution is -2.23. The molecule has 0 bridgehead atoms. The number of unbranched alkanes of at least 4 members (excludes halogenated alkanes) is 2. The van der Waals surface area contributed by atoms with E-state index in [9.17, 15) is 5.11 Å². The maximum absolute atomic E-state index is 10.0. The van der Waals surface area contributed by atoms with E-state index >= 15 is 0 Å². The Kier molecular flexibility index (Phi) is 4.24. The first kappa shape index (κ1) is 11.0. The summed E-state index contributed by atoms with van der Waals surface area (Å²) >= 11 is 0. The SMILES string of the molecule is CCCCCC(C)(O)CCC1CC1. The van der Waals surface area contributed by atoms with Gasteiger partial charge in [-0.1, -0.05) is 39.0 Å². The predicted octanol–water partition coefficient (Wildman–Crippen LogP) is 3.51. The van der Waals surface area contributed by atoms with Gasteiger partial charge in [-0.3, -0.25) is 0 Å². The van der Waals surface area contributed by atoms with Crippen molar-refractivity contribution in [2.45, 2.75) is 70.8 Å². The van der Waals surface area contributed by atoms with Crippen molar-refractivity contribution < 1.29 is 5.11 Å². The number of aliphatic hydroxyl groups is 1. The molecule has 0 spiro atoms. The largest absolute Gasteiger partial charge is 0.390 e. The molecule has 13 heavy (non-hydrogen) atoms. The summed E-state index contributed by atoms with van der Waals surface area (Å²) in [5.74, 6) is 0.956. The molecule has 1 aliphatic rings. The number of rotatable bonds is 7. The van der Waals surface area contributed by atoms with Crippen LogP contribution in [0, 0.1) is 5.92 Å². The first-order chi connectivity index (χ1) is 6.14. The van der Waals surface area contributed by atoms with Gasteiger partial charge in [0.1, 0.15) is 0 Å². The molecule has 0 saturated heterocycles. The van der Waals surface area contributed by atoms with E-state index in [1.165, 1.54) is 38.5 Å². The van der Waals surface area contributed by atoms with Gasteiger partial charge in [0.15, 0.2) is 0 Å². The van der Waals surface area contributed by atoms with Crippen molar-refractivity contribution in [3.05, 3.63) is 0 Å². The highest BCUT2D eigenvalue weighted by molar-refractivity contribution is 4.79. The molecule has 0 aromatic carbocycles. The van der Waals surface area contributed by atoms with Crippen molar-refractivity contribution >= 4 is 0 Å². The van der Waals surface area contributed by atoms with Crippen LogP contribution >= 0.6 is 0 Å². The minimum absolute atomic E-state index is 0.377. The number of hydrogen-bond acceptors (Lipinski definition) is 1. The van der Waals surface area contributed by atoms with Gasteiger partial charge in [0.2, 0.25) is 0 Å². The normalized spacial score (nSPS) is 21.5. The Morgan fingerprint density at radius 3 is 2.46 bits per heavy atom. The molecule has 0 aromatic heterocycles. The van der Waals surface area contributed by atoms with Gasteiger partial charge in [0, 0.05) is 0 Å². The van der Waals surface area contributed by atoms with Gasteiger partial charge in [-0.15, -0.1) is 0 Å². The van der Waals surface area contributed by atoms with E-state index < -0.39 is 0 Å². The molecule has 1 saturated carbocycles. The summed E-state index contributed by atoms with van der Waals surface area (Å²) in [6, 6.07) is 0. The number of hydrogen-bond donors (Lipinski definition) is 1. The van der Waals surface area contributed by atoms with Crippen LogP contribution in [0.15, 0.2) is 0 Å². The summed E-state index contributed by atoms with van der Waals surface area (Å²) < 4.78 is 0. The van der Waals surface area contributed by atoms with Crippen LogP contribution in [0.1, 0.15) is 65.2 Å². The highest BCUT2D eigenvalue weighted by Gasteiger charge is 2.26. The third kappa shape index (κ3) is 5.30. The zero-order valence-corrected chi connectivity index (χ0v) is 9.18. The molecule has 1 unspecified atom stereocenters. The van der Waals surface area contributed by atoms with Crippen LogP contribution < -0.4 is 0 Å². The zero-order valence-electron chi connectivity index (χ0n) is 9.18. The summed E-state index contributed by atoms with van der Waals surface area (Å²) in [4.78, 5) is 0. The van der Waals surface area contributed by atoms with E-state index in [0.717, 1.165) is 18.8 Å². The fourth-order valence-corrected chi connectivity index (χ4v) is 1.80. The van der Waals surface area contributed by atoms with Crippen LogP contribution in [-0.4, -0.2) is 10.7 Å². The highest BCUT2D eigenvalue weighted by atomic mass is 16.3. The van der Waals surface area contributed by atoms with Crippen molar-refractivity contribution in [2.75, 3.05) is 0 Å². The van der Waals surface area contributed by atoms with Crippen LogP contribution in [-0.2, 0) is 0 Å². The summed E-state index contributed by atoms with van der Waals surface area (Å²) in [6.45, 7) is 4.21. The molecule has 1 aliphatic carbocycles. The molecule has 0 aromatic rings. The van der Waals surface area contributed by atoms with Crippen molar-refractivity contribution in [1.82, 2.24) is 0 Å². The molecule has 78 valence electrons.